The van der Waals surface area contributed by atoms with Gasteiger partial charge in [-0.25, -0.2) is 9.78 Å². The van der Waals surface area contributed by atoms with Gasteiger partial charge in [-0.2, -0.15) is 0 Å². The summed E-state index contributed by atoms with van der Waals surface area (Å²) in [6.07, 6.45) is 1.80. The van der Waals surface area contributed by atoms with E-state index in [0.717, 1.165) is 11.8 Å². The molecule has 0 spiro atoms. The molecule has 0 atom stereocenters. The number of aromatic nitrogens is 1. The third-order valence-corrected chi connectivity index (χ3v) is 2.83. The molecule has 1 heterocycles. The molecule has 0 amide bonds. The molecule has 1 N–H and O–H groups in total. The predicted octanol–water partition coefficient (Wildman–Crippen LogP) is 3.04. The molecular weight excluding hydrogens is 276 g/mol. The topological polar surface area (TPSA) is 103 Å². The number of carbonyl (C=O) groups is 1. The fourth-order valence-corrected chi connectivity index (χ4v) is 1.69. The number of nitro benzene ring substituents is 1. The van der Waals surface area contributed by atoms with Gasteiger partial charge < -0.3 is 9.84 Å². The van der Waals surface area contributed by atoms with Crippen LogP contribution in [0.5, 0.6) is 11.6 Å². The van der Waals surface area contributed by atoms with Gasteiger partial charge in [-0.1, -0.05) is 13.0 Å². The maximum atomic E-state index is 11.1. The van der Waals surface area contributed by atoms with Crippen molar-refractivity contribution < 1.29 is 19.6 Å². The molecule has 2 aromatic rings. The standard InChI is InChI=1S/C14H12N2O5/c1-2-9-3-5-12(11(7-9)16(19)20)21-13-6-4-10(8-15-13)14(17)18/h3-8H,2H2,1H3,(H,17,18). The fraction of sp³-hybridized carbons (Fsp3) is 0.143. The van der Waals surface area contributed by atoms with E-state index in [0.29, 0.717) is 6.42 Å². The zero-order chi connectivity index (χ0) is 15.4. The Kier molecular flexibility index (Phi) is 4.13. The fourth-order valence-electron chi connectivity index (χ4n) is 1.69. The van der Waals surface area contributed by atoms with E-state index in [9.17, 15) is 14.9 Å². The molecule has 108 valence electrons. The quantitative estimate of drug-likeness (QED) is 0.670. The molecule has 21 heavy (non-hydrogen) atoms. The minimum Gasteiger partial charge on any atom is -0.478 e. The summed E-state index contributed by atoms with van der Waals surface area (Å²) >= 11 is 0. The highest BCUT2D eigenvalue weighted by atomic mass is 16.6. The van der Waals surface area contributed by atoms with Gasteiger partial charge in [-0.3, -0.25) is 10.1 Å². The van der Waals surface area contributed by atoms with Crippen molar-refractivity contribution >= 4 is 11.7 Å². The first kappa shape index (κ1) is 14.4. The Bertz CT molecular complexity index is 682. The summed E-state index contributed by atoms with van der Waals surface area (Å²) in [7, 11) is 0. The molecule has 0 saturated heterocycles. The number of carboxylic acids is 1. The van der Waals surface area contributed by atoms with Crippen LogP contribution in [0.2, 0.25) is 0 Å². The Morgan fingerprint density at radius 3 is 2.67 bits per heavy atom. The summed E-state index contributed by atoms with van der Waals surface area (Å²) in [4.78, 5) is 25.1. The predicted molar refractivity (Wildman–Crippen MR) is 73.7 cm³/mol. The van der Waals surface area contributed by atoms with Crippen LogP contribution in [0.3, 0.4) is 0 Å². The normalized spacial score (nSPS) is 10.1. The van der Waals surface area contributed by atoms with Crippen molar-refractivity contribution in [3.05, 3.63) is 57.8 Å². The summed E-state index contributed by atoms with van der Waals surface area (Å²) in [5.74, 6) is -0.951. The Morgan fingerprint density at radius 1 is 1.38 bits per heavy atom. The van der Waals surface area contributed by atoms with Gasteiger partial charge >= 0.3 is 11.7 Å². The van der Waals surface area contributed by atoms with E-state index >= 15 is 0 Å². The molecule has 2 rings (SSSR count). The Balaban J connectivity index is 2.30. The number of pyridine rings is 1. The first-order chi connectivity index (χ1) is 10.0. The van der Waals surface area contributed by atoms with Crippen LogP contribution in [0.25, 0.3) is 0 Å². The molecule has 7 nitrogen and oxygen atoms in total. The minimum absolute atomic E-state index is 0.0122. The summed E-state index contributed by atoms with van der Waals surface area (Å²) in [5.41, 5.74) is 0.680. The first-order valence-electron chi connectivity index (χ1n) is 6.15. The molecule has 1 aromatic heterocycles. The second-order valence-corrected chi connectivity index (χ2v) is 4.21. The molecule has 0 aliphatic rings. The number of benzene rings is 1. The van der Waals surface area contributed by atoms with Crippen molar-refractivity contribution in [2.75, 3.05) is 0 Å². The van der Waals surface area contributed by atoms with E-state index in [1.54, 1.807) is 6.07 Å². The van der Waals surface area contributed by atoms with Gasteiger partial charge in [0.2, 0.25) is 11.6 Å². The smallest absolute Gasteiger partial charge is 0.337 e. The molecule has 7 heteroatoms. The Morgan fingerprint density at radius 2 is 2.14 bits per heavy atom. The molecular formula is C14H12N2O5. The van der Waals surface area contributed by atoms with Gasteiger partial charge in [0.1, 0.15) is 0 Å². The molecule has 0 aliphatic heterocycles. The van der Waals surface area contributed by atoms with E-state index in [4.69, 9.17) is 9.84 Å². The lowest BCUT2D eigenvalue weighted by Crippen LogP contribution is -1.99. The van der Waals surface area contributed by atoms with Crippen LogP contribution in [0.1, 0.15) is 22.8 Å². The highest BCUT2D eigenvalue weighted by Crippen LogP contribution is 2.31. The number of ether oxygens (including phenoxy) is 1. The third kappa shape index (κ3) is 3.33. The number of aryl methyl sites for hydroxylation is 1. The average molecular weight is 288 g/mol. The third-order valence-electron chi connectivity index (χ3n) is 2.83. The largest absolute Gasteiger partial charge is 0.478 e. The summed E-state index contributed by atoms with van der Waals surface area (Å²) < 4.78 is 5.36. The number of hydrogen-bond donors (Lipinski definition) is 1. The van der Waals surface area contributed by atoms with E-state index < -0.39 is 10.9 Å². The van der Waals surface area contributed by atoms with Crippen LogP contribution in [-0.4, -0.2) is 21.0 Å². The summed E-state index contributed by atoms with van der Waals surface area (Å²) in [6, 6.07) is 7.34. The van der Waals surface area contributed by atoms with Crippen LogP contribution in [0.4, 0.5) is 5.69 Å². The number of nitro groups is 1. The van der Waals surface area contributed by atoms with Crippen molar-refractivity contribution in [1.82, 2.24) is 4.98 Å². The van der Waals surface area contributed by atoms with Gasteiger partial charge in [0.25, 0.3) is 0 Å². The van der Waals surface area contributed by atoms with Gasteiger partial charge in [0.05, 0.1) is 10.5 Å². The number of nitrogens with zero attached hydrogens (tertiary/aromatic N) is 2. The number of hydrogen-bond acceptors (Lipinski definition) is 5. The minimum atomic E-state index is -1.10. The maximum absolute atomic E-state index is 11.1. The van der Waals surface area contributed by atoms with Gasteiger partial charge in [0.15, 0.2) is 0 Å². The lowest BCUT2D eigenvalue weighted by atomic mass is 10.1. The lowest BCUT2D eigenvalue weighted by molar-refractivity contribution is -0.385. The highest BCUT2D eigenvalue weighted by molar-refractivity contribution is 5.87. The van der Waals surface area contributed by atoms with Crippen LogP contribution in [-0.2, 0) is 6.42 Å². The Hall–Kier alpha value is -2.96. The van der Waals surface area contributed by atoms with Gasteiger partial charge in [-0.05, 0) is 24.1 Å². The summed E-state index contributed by atoms with van der Waals surface area (Å²) in [6.45, 7) is 1.89. The zero-order valence-corrected chi connectivity index (χ0v) is 11.1. The van der Waals surface area contributed by atoms with Crippen LogP contribution >= 0.6 is 0 Å². The molecule has 1 aromatic carbocycles. The average Bonchev–Trinajstić information content (AvgIpc) is 2.48. The van der Waals surface area contributed by atoms with Crippen molar-refractivity contribution in [2.24, 2.45) is 0 Å². The van der Waals surface area contributed by atoms with Gasteiger partial charge in [-0.15, -0.1) is 0 Å². The summed E-state index contributed by atoms with van der Waals surface area (Å²) in [5, 5.41) is 19.8. The zero-order valence-electron chi connectivity index (χ0n) is 11.1. The van der Waals surface area contributed by atoms with Crippen molar-refractivity contribution in [3.8, 4) is 11.6 Å². The second kappa shape index (κ2) is 6.00. The van der Waals surface area contributed by atoms with E-state index in [-0.39, 0.29) is 22.9 Å². The van der Waals surface area contributed by atoms with E-state index in [2.05, 4.69) is 4.98 Å². The Labute approximate surface area is 120 Å². The van der Waals surface area contributed by atoms with E-state index in [1.165, 1.54) is 24.3 Å². The molecule has 0 radical (unpaired) electrons. The molecule has 0 fully saturated rings. The number of rotatable bonds is 5. The van der Waals surface area contributed by atoms with Crippen molar-refractivity contribution in [2.45, 2.75) is 13.3 Å². The van der Waals surface area contributed by atoms with Crippen molar-refractivity contribution in [1.29, 1.82) is 0 Å². The van der Waals surface area contributed by atoms with Crippen LogP contribution in [0, 0.1) is 10.1 Å². The monoisotopic (exact) mass is 288 g/mol. The van der Waals surface area contributed by atoms with Gasteiger partial charge in [0, 0.05) is 18.3 Å². The van der Waals surface area contributed by atoms with E-state index in [1.807, 2.05) is 6.92 Å². The number of aromatic carboxylic acids is 1. The van der Waals surface area contributed by atoms with Crippen molar-refractivity contribution in [3.63, 3.8) is 0 Å². The maximum Gasteiger partial charge on any atom is 0.337 e. The molecule has 0 bridgehead atoms. The van der Waals surface area contributed by atoms with Crippen LogP contribution in [0.15, 0.2) is 36.5 Å². The second-order valence-electron chi connectivity index (χ2n) is 4.21. The van der Waals surface area contributed by atoms with Crippen LogP contribution < -0.4 is 4.74 Å². The molecule has 0 aliphatic carbocycles. The molecule has 0 unspecified atom stereocenters. The SMILES string of the molecule is CCc1ccc(Oc2ccc(C(=O)O)cn2)c([N+](=O)[O-])c1. The first-order valence-corrected chi connectivity index (χ1v) is 6.15. The lowest BCUT2D eigenvalue weighted by Gasteiger charge is -2.06. The highest BCUT2D eigenvalue weighted by Gasteiger charge is 2.17. The number of carboxylic acid groups (broad SMARTS) is 1. The molecule has 0 saturated carbocycles.